The average molecular weight is 212 g/mol. The molecule has 1 heterocycles. The first-order valence-electron chi connectivity index (χ1n) is 5.59. The van der Waals surface area contributed by atoms with Crippen LogP contribution in [0.1, 0.15) is 18.9 Å². The Morgan fingerprint density at radius 2 is 2.12 bits per heavy atom. The lowest BCUT2D eigenvalue weighted by Gasteiger charge is -2.29. The van der Waals surface area contributed by atoms with Crippen LogP contribution in [0.3, 0.4) is 0 Å². The molecule has 16 heavy (non-hydrogen) atoms. The summed E-state index contributed by atoms with van der Waals surface area (Å²) in [6.45, 7) is 13.4. The van der Waals surface area contributed by atoms with Crippen molar-refractivity contribution in [1.82, 2.24) is 0 Å². The molecule has 0 radical (unpaired) electrons. The second kappa shape index (κ2) is 4.40. The predicted octanol–water partition coefficient (Wildman–Crippen LogP) is 3.70. The molecule has 2 heteroatoms. The minimum Gasteiger partial charge on any atom is -0.368 e. The van der Waals surface area contributed by atoms with E-state index < -0.39 is 0 Å². The molecule has 1 aliphatic rings. The molecule has 1 aliphatic heterocycles. The number of rotatable bonds is 1. The Morgan fingerprint density at radius 1 is 1.31 bits per heavy atom. The SMILES string of the molecule is [C-]#[N+]c1ccc(C)c(N2CC=C(C)CC2)c1. The fraction of sp³-hybridized carbons (Fsp3) is 0.357. The quantitative estimate of drug-likeness (QED) is 0.508. The summed E-state index contributed by atoms with van der Waals surface area (Å²) in [4.78, 5) is 5.83. The van der Waals surface area contributed by atoms with Crippen molar-refractivity contribution in [2.24, 2.45) is 0 Å². The first-order chi connectivity index (χ1) is 7.70. The van der Waals surface area contributed by atoms with Crippen LogP contribution in [0.4, 0.5) is 11.4 Å². The molecule has 0 atom stereocenters. The fourth-order valence-electron chi connectivity index (χ4n) is 2.00. The minimum absolute atomic E-state index is 0.729. The Bertz CT molecular complexity index is 466. The molecule has 0 saturated carbocycles. The number of nitrogens with zero attached hydrogens (tertiary/aromatic N) is 2. The van der Waals surface area contributed by atoms with Crippen LogP contribution in [-0.4, -0.2) is 13.1 Å². The highest BCUT2D eigenvalue weighted by atomic mass is 15.1. The smallest absolute Gasteiger partial charge is 0.189 e. The van der Waals surface area contributed by atoms with E-state index in [-0.39, 0.29) is 0 Å². The van der Waals surface area contributed by atoms with E-state index in [4.69, 9.17) is 6.57 Å². The van der Waals surface area contributed by atoms with Gasteiger partial charge in [-0.2, -0.15) is 0 Å². The van der Waals surface area contributed by atoms with Gasteiger partial charge in [-0.3, -0.25) is 0 Å². The van der Waals surface area contributed by atoms with Gasteiger partial charge in [-0.15, -0.1) is 0 Å². The Hall–Kier alpha value is -1.75. The van der Waals surface area contributed by atoms with E-state index >= 15 is 0 Å². The van der Waals surface area contributed by atoms with Crippen LogP contribution in [0, 0.1) is 13.5 Å². The van der Waals surface area contributed by atoms with Gasteiger partial charge in [-0.05, 0) is 31.9 Å². The molecule has 0 saturated heterocycles. The lowest BCUT2D eigenvalue weighted by Crippen LogP contribution is -2.28. The molecule has 0 aliphatic carbocycles. The number of hydrogen-bond donors (Lipinski definition) is 0. The molecule has 1 aromatic rings. The zero-order chi connectivity index (χ0) is 11.5. The molecular formula is C14H16N2. The van der Waals surface area contributed by atoms with E-state index in [1.165, 1.54) is 16.8 Å². The first-order valence-corrected chi connectivity index (χ1v) is 5.59. The fourth-order valence-corrected chi connectivity index (χ4v) is 2.00. The van der Waals surface area contributed by atoms with Crippen molar-refractivity contribution in [1.29, 1.82) is 0 Å². The van der Waals surface area contributed by atoms with Gasteiger partial charge in [-0.1, -0.05) is 23.8 Å². The average Bonchev–Trinajstić information content (AvgIpc) is 2.31. The number of aryl methyl sites for hydroxylation is 1. The third-order valence-corrected chi connectivity index (χ3v) is 3.10. The lowest BCUT2D eigenvalue weighted by atomic mass is 10.1. The molecule has 0 aromatic heterocycles. The molecule has 1 aromatic carbocycles. The van der Waals surface area contributed by atoms with Gasteiger partial charge >= 0.3 is 0 Å². The van der Waals surface area contributed by atoms with Crippen LogP contribution in [0.5, 0.6) is 0 Å². The zero-order valence-electron chi connectivity index (χ0n) is 9.83. The highest BCUT2D eigenvalue weighted by molar-refractivity contribution is 5.63. The molecule has 2 rings (SSSR count). The Kier molecular flexibility index (Phi) is 2.96. The third kappa shape index (κ3) is 2.09. The maximum absolute atomic E-state index is 7.05. The monoisotopic (exact) mass is 212 g/mol. The van der Waals surface area contributed by atoms with Gasteiger partial charge in [0.05, 0.1) is 6.57 Å². The molecule has 0 unspecified atom stereocenters. The van der Waals surface area contributed by atoms with Crippen molar-refractivity contribution in [3.8, 4) is 0 Å². The maximum atomic E-state index is 7.05. The van der Waals surface area contributed by atoms with Crippen molar-refractivity contribution in [3.63, 3.8) is 0 Å². The normalized spacial score (nSPS) is 15.6. The van der Waals surface area contributed by atoms with Crippen molar-refractivity contribution in [3.05, 3.63) is 46.8 Å². The van der Waals surface area contributed by atoms with Crippen LogP contribution in [0.15, 0.2) is 29.8 Å². The summed E-state index contributed by atoms with van der Waals surface area (Å²) in [5.74, 6) is 0. The van der Waals surface area contributed by atoms with E-state index in [1.807, 2.05) is 18.2 Å². The summed E-state index contributed by atoms with van der Waals surface area (Å²) in [6.07, 6.45) is 3.40. The zero-order valence-corrected chi connectivity index (χ0v) is 9.83. The van der Waals surface area contributed by atoms with Crippen LogP contribution >= 0.6 is 0 Å². The minimum atomic E-state index is 0.729. The molecular weight excluding hydrogens is 196 g/mol. The topological polar surface area (TPSA) is 7.60 Å². The van der Waals surface area contributed by atoms with Gasteiger partial charge in [0.25, 0.3) is 0 Å². The second-order valence-electron chi connectivity index (χ2n) is 4.33. The number of anilines is 1. The van der Waals surface area contributed by atoms with Crippen molar-refractivity contribution < 1.29 is 0 Å². The van der Waals surface area contributed by atoms with Gasteiger partial charge in [0.15, 0.2) is 5.69 Å². The lowest BCUT2D eigenvalue weighted by molar-refractivity contribution is 0.785. The summed E-state index contributed by atoms with van der Waals surface area (Å²) >= 11 is 0. The summed E-state index contributed by atoms with van der Waals surface area (Å²) in [7, 11) is 0. The Labute approximate surface area is 97.0 Å². The number of hydrogen-bond acceptors (Lipinski definition) is 1. The third-order valence-electron chi connectivity index (χ3n) is 3.10. The van der Waals surface area contributed by atoms with E-state index in [0.29, 0.717) is 0 Å². The van der Waals surface area contributed by atoms with Crippen LogP contribution in [-0.2, 0) is 0 Å². The van der Waals surface area contributed by atoms with Crippen LogP contribution < -0.4 is 4.90 Å². The molecule has 0 fully saturated rings. The van der Waals surface area contributed by atoms with Gasteiger partial charge < -0.3 is 4.90 Å². The summed E-state index contributed by atoms with van der Waals surface area (Å²) in [5.41, 5.74) is 4.65. The summed E-state index contributed by atoms with van der Waals surface area (Å²) in [5, 5.41) is 0. The molecule has 2 nitrogen and oxygen atoms in total. The van der Waals surface area contributed by atoms with Crippen molar-refractivity contribution >= 4 is 11.4 Å². The van der Waals surface area contributed by atoms with Crippen molar-refractivity contribution in [2.45, 2.75) is 20.3 Å². The van der Waals surface area contributed by atoms with E-state index in [2.05, 4.69) is 29.7 Å². The van der Waals surface area contributed by atoms with Crippen molar-refractivity contribution in [2.75, 3.05) is 18.0 Å². The largest absolute Gasteiger partial charge is 0.368 e. The Morgan fingerprint density at radius 3 is 2.75 bits per heavy atom. The van der Waals surface area contributed by atoms with Gasteiger partial charge in [0.1, 0.15) is 0 Å². The predicted molar refractivity (Wildman–Crippen MR) is 68.0 cm³/mol. The highest BCUT2D eigenvalue weighted by Gasteiger charge is 2.12. The van der Waals surface area contributed by atoms with Crippen LogP contribution in [0.2, 0.25) is 0 Å². The Balaban J connectivity index is 2.30. The summed E-state index contributed by atoms with van der Waals surface area (Å²) in [6, 6.07) is 5.92. The summed E-state index contributed by atoms with van der Waals surface area (Å²) < 4.78 is 0. The van der Waals surface area contributed by atoms with E-state index in [0.717, 1.165) is 25.2 Å². The highest BCUT2D eigenvalue weighted by Crippen LogP contribution is 2.27. The van der Waals surface area contributed by atoms with E-state index in [1.54, 1.807) is 0 Å². The van der Waals surface area contributed by atoms with Crippen LogP contribution in [0.25, 0.3) is 4.85 Å². The van der Waals surface area contributed by atoms with Gasteiger partial charge in [0, 0.05) is 18.8 Å². The van der Waals surface area contributed by atoms with Gasteiger partial charge in [0.2, 0.25) is 0 Å². The number of benzene rings is 1. The van der Waals surface area contributed by atoms with Gasteiger partial charge in [-0.25, -0.2) is 4.85 Å². The molecule has 0 amide bonds. The molecule has 82 valence electrons. The maximum Gasteiger partial charge on any atom is 0.189 e. The molecule has 0 N–H and O–H groups in total. The second-order valence-corrected chi connectivity index (χ2v) is 4.33. The first kappa shape index (κ1) is 10.8. The van der Waals surface area contributed by atoms with E-state index in [9.17, 15) is 0 Å². The molecule has 0 bridgehead atoms. The standard InChI is InChI=1S/C14H16N2/c1-11-6-8-16(9-7-11)14-10-13(15-3)5-4-12(14)2/h4-6,10H,7-9H2,1-2H3. The molecule has 0 spiro atoms.